The number of hydrogen-bond donors (Lipinski definition) is 0. The molecule has 0 aliphatic heterocycles. The summed E-state index contributed by atoms with van der Waals surface area (Å²) in [4.78, 5) is 0. The zero-order valence-corrected chi connectivity index (χ0v) is 90.4. The third-order valence-electron chi connectivity index (χ3n) is 29.4. The van der Waals surface area contributed by atoms with Crippen LogP contribution in [0.1, 0.15) is 248 Å². The molecule has 0 spiro atoms. The molecule has 0 aliphatic carbocycles. The first-order valence-corrected chi connectivity index (χ1v) is 48.4. The highest BCUT2D eigenvalue weighted by Crippen LogP contribution is 2.38. The minimum atomic E-state index is -0.134. The molecule has 0 bridgehead atoms. The van der Waals surface area contributed by atoms with Gasteiger partial charge in [0.1, 0.15) is 34.5 Å². The Morgan fingerprint density at radius 3 is 0.600 bits per heavy atom. The van der Waals surface area contributed by atoms with Crippen molar-refractivity contribution in [2.24, 2.45) is 0 Å². The van der Waals surface area contributed by atoms with Gasteiger partial charge in [0.25, 0.3) is 0 Å². The van der Waals surface area contributed by atoms with Gasteiger partial charge in [0.2, 0.25) is 0 Å². The average Bonchev–Trinajstić information content (AvgIpc) is 0.806. The second-order valence-electron chi connectivity index (χ2n) is 39.6. The van der Waals surface area contributed by atoms with Gasteiger partial charge in [0, 0.05) is 5.41 Å². The van der Waals surface area contributed by atoms with E-state index in [9.17, 15) is 0 Å². The summed E-state index contributed by atoms with van der Waals surface area (Å²) in [5.41, 5.74) is 62.8. The maximum absolute atomic E-state index is 6.01. The number of ether oxygens (including phenoxy) is 3. The molecular formula is C132H160O3. The Morgan fingerprint density at radius 2 is 0.348 bits per heavy atom. The monoisotopic (exact) mass is 1790 g/mol. The van der Waals surface area contributed by atoms with Crippen LogP contribution in [0.3, 0.4) is 0 Å². The Bertz CT molecular complexity index is 5930. The van der Waals surface area contributed by atoms with Crippen LogP contribution in [0.25, 0.3) is 22.3 Å². The number of rotatable bonds is 12. The molecule has 0 aromatic heterocycles. The lowest BCUT2D eigenvalue weighted by Gasteiger charge is -2.26. The lowest BCUT2D eigenvalue weighted by Crippen LogP contribution is -2.18. The molecule has 0 aliphatic rings. The van der Waals surface area contributed by atoms with Gasteiger partial charge in [-0.25, -0.2) is 0 Å². The molecule has 0 saturated carbocycles. The summed E-state index contributed by atoms with van der Waals surface area (Å²) < 4.78 is 18.0. The Labute approximate surface area is 818 Å². The quantitative estimate of drug-likeness (QED) is 0.122. The van der Waals surface area contributed by atoms with Crippen molar-refractivity contribution in [2.75, 3.05) is 0 Å². The highest BCUT2D eigenvalue weighted by Gasteiger charge is 2.24. The summed E-state index contributed by atoms with van der Waals surface area (Å²) in [6.07, 6.45) is 1.03. The number of aryl methyl sites for hydroxylation is 23. The normalized spacial score (nSPS) is 10.7. The first-order valence-electron chi connectivity index (χ1n) is 48.4. The molecule has 0 amide bonds. The minimum Gasteiger partial charge on any atom is -0.457 e. The Kier molecular flexibility index (Phi) is 38.6. The highest BCUT2D eigenvalue weighted by atomic mass is 16.5. The van der Waals surface area contributed by atoms with Crippen LogP contribution in [-0.2, 0) is 11.8 Å². The van der Waals surface area contributed by atoms with Crippen LogP contribution in [0.15, 0.2) is 231 Å². The molecular weight excluding hydrogens is 1630 g/mol. The molecule has 3 heteroatoms. The molecule has 0 heterocycles. The van der Waals surface area contributed by atoms with E-state index in [1.807, 2.05) is 48.5 Å². The van der Waals surface area contributed by atoms with Gasteiger partial charge >= 0.3 is 0 Å². The lowest BCUT2D eigenvalue weighted by atomic mass is 9.78. The van der Waals surface area contributed by atoms with Crippen LogP contribution >= 0.6 is 0 Å². The van der Waals surface area contributed by atoms with Crippen molar-refractivity contribution in [1.82, 2.24) is 0 Å². The van der Waals surface area contributed by atoms with Gasteiger partial charge in [-0.2, -0.15) is 0 Å². The summed E-state index contributed by atoms with van der Waals surface area (Å²) in [5.74, 6) is 5.21. The SMILES string of the molecule is Cc1c(C)c(C)c(C)c(C)c1C.Cc1cc(-c2cc(C)c(C)c(C)c2)cc(C)c1C.Cc1cc(C)c(C)c(C)c1C.Cc1cc(Cc2cc(C)c(C)c(C)c2)cc(C)c1C.Cc1cc(Oc2cc(C)c(C)c(C)c2)cc(C)c1C.Cc1ccc(-c2ccc(C)c(C)c2)cc1C.Cc1ccc(C)c(C)c1.Cc1ccc(Oc2ccc(C(C)(C)c3ccc(Oc4ccc(C)cc4)cc3)cc2)cc1. The zero-order valence-electron chi connectivity index (χ0n) is 90.4. The smallest absolute Gasteiger partial charge is 0.127 e. The van der Waals surface area contributed by atoms with Gasteiger partial charge in [-0.3, -0.25) is 0 Å². The fraction of sp³-hybridized carbons (Fsp3) is 0.318. The first-order chi connectivity index (χ1) is 63.3. The predicted molar refractivity (Wildman–Crippen MR) is 590 cm³/mol. The molecule has 0 radical (unpaired) electrons. The molecule has 15 rings (SSSR count). The molecule has 706 valence electrons. The van der Waals surface area contributed by atoms with Crippen molar-refractivity contribution in [2.45, 2.75) is 289 Å². The maximum atomic E-state index is 6.01. The molecule has 15 aromatic rings. The lowest BCUT2D eigenvalue weighted by molar-refractivity contribution is 0.480. The van der Waals surface area contributed by atoms with Gasteiger partial charge in [0.15, 0.2) is 0 Å². The van der Waals surface area contributed by atoms with Crippen molar-refractivity contribution in [1.29, 1.82) is 0 Å². The van der Waals surface area contributed by atoms with Crippen LogP contribution in [-0.4, -0.2) is 0 Å². The summed E-state index contributed by atoms with van der Waals surface area (Å²) in [6.45, 7) is 87.0. The second-order valence-corrected chi connectivity index (χ2v) is 39.6. The average molecular weight is 1790 g/mol. The molecule has 0 atom stereocenters. The van der Waals surface area contributed by atoms with Crippen molar-refractivity contribution < 1.29 is 14.2 Å². The fourth-order valence-corrected chi connectivity index (χ4v) is 16.7. The van der Waals surface area contributed by atoms with Crippen molar-refractivity contribution in [3.63, 3.8) is 0 Å². The van der Waals surface area contributed by atoms with E-state index in [4.69, 9.17) is 14.2 Å². The maximum Gasteiger partial charge on any atom is 0.127 e. The van der Waals surface area contributed by atoms with E-state index in [1.54, 1.807) is 0 Å². The topological polar surface area (TPSA) is 27.7 Å². The molecule has 15 aromatic carbocycles. The van der Waals surface area contributed by atoms with E-state index in [2.05, 4.69) is 459 Å². The number of hydrogen-bond acceptors (Lipinski definition) is 3. The summed E-state index contributed by atoms with van der Waals surface area (Å²) in [5, 5.41) is 0. The predicted octanol–water partition coefficient (Wildman–Crippen LogP) is 37.8. The van der Waals surface area contributed by atoms with Crippen LogP contribution in [0.2, 0.25) is 0 Å². The van der Waals surface area contributed by atoms with Gasteiger partial charge < -0.3 is 14.2 Å². The third-order valence-corrected chi connectivity index (χ3v) is 29.4. The van der Waals surface area contributed by atoms with E-state index in [0.717, 1.165) is 40.9 Å². The molecule has 3 nitrogen and oxygen atoms in total. The largest absolute Gasteiger partial charge is 0.457 e. The Balaban J connectivity index is 0.000000195. The fourth-order valence-electron chi connectivity index (χ4n) is 16.7. The summed E-state index contributed by atoms with van der Waals surface area (Å²) in [7, 11) is 0. The van der Waals surface area contributed by atoms with E-state index >= 15 is 0 Å². The van der Waals surface area contributed by atoms with E-state index in [1.165, 1.54) is 256 Å². The molecule has 0 unspecified atom stereocenters. The number of benzene rings is 15. The van der Waals surface area contributed by atoms with Gasteiger partial charge in [-0.05, 0) is 582 Å². The summed E-state index contributed by atoms with van der Waals surface area (Å²) >= 11 is 0. The Hall–Kier alpha value is -12.3. The minimum absolute atomic E-state index is 0.134. The first kappa shape index (κ1) is 108. The summed E-state index contributed by atoms with van der Waals surface area (Å²) in [6, 6.07) is 81.9. The van der Waals surface area contributed by atoms with Crippen molar-refractivity contribution in [3.05, 3.63) is 464 Å². The standard InChI is InChI=1S/C29H28O2.C19H24.C18H22O.C18H22.C16H18.C12H18.C11H16.C9H12/c1-21-5-13-25(14-6-21)30-27-17-9-23(10-18-27)29(3,4)24-11-19-28(20-12-24)31-26-15-7-22(2)8-16-26;1-12-7-18(8-13(2)16(12)5)11-19-9-14(3)17(6)15(4)10-19;1-11-7-17(8-12(2)15(11)5)19-18-9-13(3)16(6)14(4)10-18;1-11-7-17(8-12(2)15(11)5)18-9-13(3)16(6)14(4)10-18;1-11-5-7-15(9-13(11)3)16-8-6-12(2)14(4)10-16;1-7-8(2)10(4)12(6)11(5)9(7)3;1-7-6-8(2)10(4)11(5)9(7)3;1-7-4-5-8(2)9(3)6-7/h5-20H,1-4H3;7-10H,11H2,1-6H3;7-10H,1-6H3;7-10H,1-6H3;5-10H,1-4H3;1-6H3;6H,1-5H3;4-6H,1-3H3. The van der Waals surface area contributed by atoms with Crippen molar-refractivity contribution >= 4 is 0 Å². The molecule has 0 fully saturated rings. The van der Waals surface area contributed by atoms with Crippen LogP contribution < -0.4 is 14.2 Å². The van der Waals surface area contributed by atoms with E-state index < -0.39 is 0 Å². The van der Waals surface area contributed by atoms with Crippen LogP contribution in [0.4, 0.5) is 0 Å². The molecule has 0 saturated heterocycles. The zero-order chi connectivity index (χ0) is 100. The second kappa shape index (κ2) is 48.2. The highest BCUT2D eigenvalue weighted by molar-refractivity contribution is 5.69. The van der Waals surface area contributed by atoms with Gasteiger partial charge in [-0.15, -0.1) is 0 Å². The van der Waals surface area contributed by atoms with Crippen molar-refractivity contribution in [3.8, 4) is 56.8 Å². The molecule has 135 heavy (non-hydrogen) atoms. The van der Waals surface area contributed by atoms with Gasteiger partial charge in [0.05, 0.1) is 0 Å². The van der Waals surface area contributed by atoms with Gasteiger partial charge in [-0.1, -0.05) is 188 Å². The van der Waals surface area contributed by atoms with E-state index in [-0.39, 0.29) is 5.41 Å². The Morgan fingerprint density at radius 1 is 0.148 bits per heavy atom. The van der Waals surface area contributed by atoms with Crippen LogP contribution in [0, 0.1) is 263 Å². The van der Waals surface area contributed by atoms with Crippen LogP contribution in [0.5, 0.6) is 34.5 Å². The molecule has 0 N–H and O–H groups in total. The van der Waals surface area contributed by atoms with E-state index in [0.29, 0.717) is 0 Å². The third kappa shape index (κ3) is 29.6.